The van der Waals surface area contributed by atoms with Crippen molar-refractivity contribution in [3.05, 3.63) is 18.0 Å². The Hall–Kier alpha value is -0.480. The van der Waals surface area contributed by atoms with Crippen LogP contribution in [0.3, 0.4) is 0 Å². The molecule has 1 atom stereocenters. The van der Waals surface area contributed by atoms with Gasteiger partial charge in [0.2, 0.25) is 0 Å². The first-order valence-corrected chi connectivity index (χ1v) is 5.86. The third-order valence-electron chi connectivity index (χ3n) is 2.11. The van der Waals surface area contributed by atoms with Gasteiger partial charge in [-0.05, 0) is 20.2 Å². The fourth-order valence-electron chi connectivity index (χ4n) is 1.08. The monoisotopic (exact) mass is 199 g/mol. The zero-order valence-corrected chi connectivity index (χ0v) is 9.27. The third kappa shape index (κ3) is 3.04. The molecule has 0 aliphatic heterocycles. The molecule has 1 aromatic rings. The first-order valence-electron chi connectivity index (χ1n) is 4.46. The van der Waals surface area contributed by atoms with E-state index < -0.39 is 0 Å². The van der Waals surface area contributed by atoms with Gasteiger partial charge in [-0.2, -0.15) is 16.9 Å². The maximum absolute atomic E-state index is 4.29. The second-order valence-corrected chi connectivity index (χ2v) is 4.03. The predicted molar refractivity (Wildman–Crippen MR) is 58.1 cm³/mol. The normalized spacial score (nSPS) is 13.2. The molecule has 0 aliphatic rings. The van der Waals surface area contributed by atoms with Crippen LogP contribution < -0.4 is 5.32 Å². The highest BCUT2D eigenvalue weighted by atomic mass is 32.2. The first kappa shape index (κ1) is 10.6. The van der Waals surface area contributed by atoms with Crippen molar-refractivity contribution in [3.8, 4) is 0 Å². The zero-order valence-electron chi connectivity index (χ0n) is 8.45. The fourth-order valence-corrected chi connectivity index (χ4v) is 1.45. The average molecular weight is 199 g/mol. The predicted octanol–water partition coefficient (Wildman–Crippen LogP) is 1.53. The van der Waals surface area contributed by atoms with Crippen LogP contribution in [0.15, 0.2) is 12.4 Å². The summed E-state index contributed by atoms with van der Waals surface area (Å²) in [5.41, 5.74) is 1.25. The van der Waals surface area contributed by atoms with Crippen molar-refractivity contribution in [2.75, 3.05) is 19.1 Å². The summed E-state index contributed by atoms with van der Waals surface area (Å²) in [6, 6.07) is 0.392. The van der Waals surface area contributed by atoms with Crippen LogP contribution >= 0.6 is 11.8 Å². The van der Waals surface area contributed by atoms with E-state index >= 15 is 0 Å². The number of nitrogens with one attached hydrogen (secondary N) is 1. The van der Waals surface area contributed by atoms with Gasteiger partial charge in [-0.25, -0.2) is 0 Å². The summed E-state index contributed by atoms with van der Waals surface area (Å²) in [5.74, 6) is 1.12. The minimum Gasteiger partial charge on any atom is -0.313 e. The fraction of sp³-hybridized carbons (Fsp3) is 0.667. The summed E-state index contributed by atoms with van der Waals surface area (Å²) >= 11 is 1.84. The van der Waals surface area contributed by atoms with Gasteiger partial charge in [-0.15, -0.1) is 0 Å². The highest BCUT2D eigenvalue weighted by Crippen LogP contribution is 2.09. The minimum absolute atomic E-state index is 0.392. The molecule has 1 heterocycles. The van der Waals surface area contributed by atoms with Crippen LogP contribution in [0.1, 0.15) is 18.5 Å². The van der Waals surface area contributed by atoms with Crippen LogP contribution in [0.2, 0.25) is 0 Å². The van der Waals surface area contributed by atoms with E-state index in [2.05, 4.69) is 29.8 Å². The van der Waals surface area contributed by atoms with Gasteiger partial charge < -0.3 is 5.32 Å². The Kier molecular flexibility index (Phi) is 4.32. The van der Waals surface area contributed by atoms with Gasteiger partial charge >= 0.3 is 0 Å². The molecule has 0 amide bonds. The summed E-state index contributed by atoms with van der Waals surface area (Å²) in [6.45, 7) is 3.13. The SMILES string of the molecule is CNC(C)c1cnn(CCSC)c1. The molecule has 1 aromatic heterocycles. The van der Waals surface area contributed by atoms with Crippen molar-refractivity contribution in [1.82, 2.24) is 15.1 Å². The molecule has 0 aromatic carbocycles. The van der Waals surface area contributed by atoms with Crippen molar-refractivity contribution in [2.45, 2.75) is 19.5 Å². The number of hydrogen-bond acceptors (Lipinski definition) is 3. The maximum atomic E-state index is 4.29. The lowest BCUT2D eigenvalue weighted by Crippen LogP contribution is -2.11. The molecule has 1 unspecified atom stereocenters. The zero-order chi connectivity index (χ0) is 9.68. The summed E-state index contributed by atoms with van der Waals surface area (Å²) in [6.07, 6.45) is 6.15. The van der Waals surface area contributed by atoms with Gasteiger partial charge in [0.15, 0.2) is 0 Å². The van der Waals surface area contributed by atoms with E-state index in [-0.39, 0.29) is 0 Å². The van der Waals surface area contributed by atoms with Crippen molar-refractivity contribution in [1.29, 1.82) is 0 Å². The van der Waals surface area contributed by atoms with Gasteiger partial charge in [0, 0.05) is 30.1 Å². The summed E-state index contributed by atoms with van der Waals surface area (Å²) < 4.78 is 2.00. The van der Waals surface area contributed by atoms with Crippen LogP contribution in [-0.4, -0.2) is 28.8 Å². The molecule has 0 radical (unpaired) electrons. The van der Waals surface area contributed by atoms with Gasteiger partial charge in [-0.3, -0.25) is 4.68 Å². The van der Waals surface area contributed by atoms with E-state index in [0.29, 0.717) is 6.04 Å². The van der Waals surface area contributed by atoms with Crippen molar-refractivity contribution < 1.29 is 0 Å². The molecule has 4 heteroatoms. The van der Waals surface area contributed by atoms with E-state index in [9.17, 15) is 0 Å². The number of aromatic nitrogens is 2. The molecule has 0 saturated carbocycles. The number of aryl methyl sites for hydroxylation is 1. The number of hydrogen-bond donors (Lipinski definition) is 1. The Balaban J connectivity index is 2.53. The van der Waals surface area contributed by atoms with Crippen LogP contribution in [0.5, 0.6) is 0 Å². The van der Waals surface area contributed by atoms with E-state index in [1.54, 1.807) is 0 Å². The Morgan fingerprint density at radius 3 is 3.08 bits per heavy atom. The third-order valence-corrected chi connectivity index (χ3v) is 2.70. The van der Waals surface area contributed by atoms with Crippen LogP contribution in [-0.2, 0) is 6.54 Å². The molecular formula is C9H17N3S. The summed E-state index contributed by atoms with van der Waals surface area (Å²) in [7, 11) is 1.96. The molecule has 74 valence electrons. The Labute approximate surface area is 83.9 Å². The molecule has 3 nitrogen and oxygen atoms in total. The van der Waals surface area contributed by atoms with E-state index in [1.807, 2.05) is 29.7 Å². The lowest BCUT2D eigenvalue weighted by atomic mass is 10.2. The van der Waals surface area contributed by atoms with Crippen LogP contribution in [0.25, 0.3) is 0 Å². The topological polar surface area (TPSA) is 29.9 Å². The second-order valence-electron chi connectivity index (χ2n) is 3.04. The molecule has 1 N–H and O–H groups in total. The van der Waals surface area contributed by atoms with Gasteiger partial charge in [0.05, 0.1) is 6.20 Å². The molecule has 0 aliphatic carbocycles. The summed E-state index contributed by atoms with van der Waals surface area (Å²) in [4.78, 5) is 0. The van der Waals surface area contributed by atoms with E-state index in [4.69, 9.17) is 0 Å². The smallest absolute Gasteiger partial charge is 0.0537 e. The number of nitrogens with zero attached hydrogens (tertiary/aromatic N) is 2. The number of rotatable bonds is 5. The lowest BCUT2D eigenvalue weighted by Gasteiger charge is -2.05. The Bertz CT molecular complexity index is 247. The Morgan fingerprint density at radius 2 is 2.46 bits per heavy atom. The van der Waals surface area contributed by atoms with Crippen LogP contribution in [0.4, 0.5) is 0 Å². The van der Waals surface area contributed by atoms with Crippen molar-refractivity contribution >= 4 is 11.8 Å². The van der Waals surface area contributed by atoms with Crippen molar-refractivity contribution in [3.63, 3.8) is 0 Å². The molecule has 1 rings (SSSR count). The van der Waals surface area contributed by atoms with E-state index in [1.165, 1.54) is 5.56 Å². The maximum Gasteiger partial charge on any atom is 0.0537 e. The van der Waals surface area contributed by atoms with Gasteiger partial charge in [0.25, 0.3) is 0 Å². The molecule has 13 heavy (non-hydrogen) atoms. The second kappa shape index (κ2) is 5.29. The Morgan fingerprint density at radius 1 is 1.69 bits per heavy atom. The quantitative estimate of drug-likeness (QED) is 0.780. The average Bonchev–Trinajstić information content (AvgIpc) is 2.62. The van der Waals surface area contributed by atoms with Gasteiger partial charge in [0.1, 0.15) is 0 Å². The lowest BCUT2D eigenvalue weighted by molar-refractivity contribution is 0.642. The van der Waals surface area contributed by atoms with E-state index in [0.717, 1.165) is 12.3 Å². The highest BCUT2D eigenvalue weighted by molar-refractivity contribution is 7.98. The van der Waals surface area contributed by atoms with Crippen LogP contribution in [0, 0.1) is 0 Å². The van der Waals surface area contributed by atoms with Crippen molar-refractivity contribution in [2.24, 2.45) is 0 Å². The summed E-state index contributed by atoms with van der Waals surface area (Å²) in [5, 5.41) is 7.48. The molecule has 0 fully saturated rings. The molecule has 0 spiro atoms. The largest absolute Gasteiger partial charge is 0.313 e. The highest BCUT2D eigenvalue weighted by Gasteiger charge is 2.04. The number of thioether (sulfide) groups is 1. The molecular weight excluding hydrogens is 182 g/mol. The molecule has 0 saturated heterocycles. The standard InChI is InChI=1S/C9H17N3S/c1-8(10-2)9-6-11-12(7-9)4-5-13-3/h6-8,10H,4-5H2,1-3H3. The van der Waals surface area contributed by atoms with Gasteiger partial charge in [-0.1, -0.05) is 0 Å². The molecule has 0 bridgehead atoms. The minimum atomic E-state index is 0.392. The first-order chi connectivity index (χ1) is 6.27.